The van der Waals surface area contributed by atoms with Crippen LogP contribution in [0.1, 0.15) is 53.7 Å². The van der Waals surface area contributed by atoms with E-state index in [9.17, 15) is 4.79 Å². The Morgan fingerprint density at radius 3 is 3.00 bits per heavy atom. The lowest BCUT2D eigenvalue weighted by Gasteiger charge is -2.29. The summed E-state index contributed by atoms with van der Waals surface area (Å²) in [5, 5.41) is 5.13. The molecule has 24 heavy (non-hydrogen) atoms. The van der Waals surface area contributed by atoms with Crippen molar-refractivity contribution in [3.05, 3.63) is 49.0 Å². The van der Waals surface area contributed by atoms with E-state index < -0.39 is 0 Å². The predicted octanol–water partition coefficient (Wildman–Crippen LogP) is 4.56. The van der Waals surface area contributed by atoms with E-state index in [4.69, 9.17) is 4.98 Å². The highest BCUT2D eigenvalue weighted by molar-refractivity contribution is 7.18. The number of aryl methyl sites for hydroxylation is 2. The molecule has 4 heterocycles. The minimum atomic E-state index is -0.00465. The first-order valence-corrected chi connectivity index (χ1v) is 10.1. The number of nitrogens with one attached hydrogen (secondary N) is 1. The van der Waals surface area contributed by atoms with E-state index in [1.54, 1.807) is 22.7 Å². The Morgan fingerprint density at radius 1 is 1.42 bits per heavy atom. The van der Waals surface area contributed by atoms with Gasteiger partial charge in [-0.1, -0.05) is 0 Å². The molecule has 0 radical (unpaired) electrons. The maximum atomic E-state index is 12.6. The molecule has 0 spiro atoms. The van der Waals surface area contributed by atoms with Crippen LogP contribution >= 0.6 is 22.7 Å². The largest absolute Gasteiger partial charge is 0.309 e. The summed E-state index contributed by atoms with van der Waals surface area (Å²) in [7, 11) is 0. The summed E-state index contributed by atoms with van der Waals surface area (Å²) < 4.78 is 0. The first kappa shape index (κ1) is 16.0. The zero-order chi connectivity index (χ0) is 16.8. The van der Waals surface area contributed by atoms with E-state index in [1.807, 2.05) is 6.92 Å². The number of aromatic nitrogens is 2. The van der Waals surface area contributed by atoms with Crippen LogP contribution in [-0.4, -0.2) is 21.4 Å². The Bertz CT molecular complexity index is 926. The predicted molar refractivity (Wildman–Crippen MR) is 101 cm³/mol. The summed E-state index contributed by atoms with van der Waals surface area (Å²) in [5.74, 6) is 0.788. The van der Waals surface area contributed by atoms with Gasteiger partial charge >= 0.3 is 0 Å². The van der Waals surface area contributed by atoms with Gasteiger partial charge in [0, 0.05) is 10.9 Å². The van der Waals surface area contributed by atoms with Gasteiger partial charge in [-0.2, -0.15) is 11.3 Å². The van der Waals surface area contributed by atoms with Gasteiger partial charge in [-0.3, -0.25) is 9.69 Å². The number of hydrogen-bond acceptors (Lipinski definition) is 5. The number of rotatable bonds is 3. The van der Waals surface area contributed by atoms with Crippen molar-refractivity contribution < 1.29 is 0 Å². The molecule has 1 N–H and O–H groups in total. The molecule has 1 aliphatic rings. The second-order valence-corrected chi connectivity index (χ2v) is 8.53. The number of nitrogens with zero attached hydrogens (tertiary/aromatic N) is 2. The van der Waals surface area contributed by atoms with E-state index in [1.165, 1.54) is 23.3 Å². The Kier molecular flexibility index (Phi) is 4.06. The third-order valence-electron chi connectivity index (χ3n) is 5.17. The van der Waals surface area contributed by atoms with E-state index >= 15 is 0 Å². The van der Waals surface area contributed by atoms with Crippen molar-refractivity contribution in [2.45, 2.75) is 45.7 Å². The van der Waals surface area contributed by atoms with E-state index in [-0.39, 0.29) is 11.6 Å². The molecule has 0 unspecified atom stereocenters. The Hall–Kier alpha value is -1.50. The molecule has 126 valence electrons. The number of hydrogen-bond donors (Lipinski definition) is 1. The van der Waals surface area contributed by atoms with Crippen LogP contribution in [0.15, 0.2) is 21.6 Å². The molecule has 3 aromatic heterocycles. The van der Waals surface area contributed by atoms with E-state index in [0.29, 0.717) is 6.04 Å². The molecular weight excluding hydrogens is 338 g/mol. The SMILES string of the molecule is Cc1sc2nc([C@H](C)N3CCC[C@@H]3c3ccsc3)[nH]c(=O)c2c1C. The summed E-state index contributed by atoms with van der Waals surface area (Å²) in [6.07, 6.45) is 2.36. The number of aromatic amines is 1. The van der Waals surface area contributed by atoms with Crippen molar-refractivity contribution in [3.8, 4) is 0 Å². The summed E-state index contributed by atoms with van der Waals surface area (Å²) >= 11 is 3.36. The molecule has 1 aliphatic heterocycles. The van der Waals surface area contributed by atoms with Gasteiger partial charge in [0.05, 0.1) is 11.4 Å². The third-order valence-corrected chi connectivity index (χ3v) is 6.98. The van der Waals surface area contributed by atoms with Crippen LogP contribution in [0.25, 0.3) is 10.2 Å². The molecule has 0 saturated carbocycles. The molecule has 0 aromatic carbocycles. The first-order valence-electron chi connectivity index (χ1n) is 8.34. The minimum Gasteiger partial charge on any atom is -0.309 e. The van der Waals surface area contributed by atoms with Crippen molar-refractivity contribution in [1.29, 1.82) is 0 Å². The van der Waals surface area contributed by atoms with Gasteiger partial charge in [-0.25, -0.2) is 4.98 Å². The molecule has 0 amide bonds. The summed E-state index contributed by atoms with van der Waals surface area (Å²) in [6, 6.07) is 2.75. The fraction of sp³-hybridized carbons (Fsp3) is 0.444. The first-order chi connectivity index (χ1) is 11.6. The van der Waals surface area contributed by atoms with Crippen molar-refractivity contribution in [2.24, 2.45) is 0 Å². The second kappa shape index (κ2) is 6.10. The highest BCUT2D eigenvalue weighted by Crippen LogP contribution is 2.38. The Morgan fingerprint density at radius 2 is 2.25 bits per heavy atom. The highest BCUT2D eigenvalue weighted by atomic mass is 32.1. The average Bonchev–Trinajstić information content (AvgIpc) is 3.27. The maximum Gasteiger partial charge on any atom is 0.259 e. The normalized spacial score (nSPS) is 20.0. The number of H-pyrrole nitrogens is 1. The van der Waals surface area contributed by atoms with Crippen molar-refractivity contribution in [3.63, 3.8) is 0 Å². The third kappa shape index (κ3) is 2.53. The topological polar surface area (TPSA) is 49.0 Å². The summed E-state index contributed by atoms with van der Waals surface area (Å²) in [4.78, 5) is 24.9. The van der Waals surface area contributed by atoms with Gasteiger partial charge in [0.15, 0.2) is 0 Å². The summed E-state index contributed by atoms with van der Waals surface area (Å²) in [6.45, 7) is 7.26. The van der Waals surface area contributed by atoms with Crippen LogP contribution in [0.4, 0.5) is 0 Å². The van der Waals surface area contributed by atoms with Gasteiger partial charge < -0.3 is 4.98 Å². The Balaban J connectivity index is 1.73. The van der Waals surface area contributed by atoms with Crippen LogP contribution in [0, 0.1) is 13.8 Å². The van der Waals surface area contributed by atoms with Gasteiger partial charge in [0.2, 0.25) is 0 Å². The number of fused-ring (bicyclic) bond motifs is 1. The Labute approximate surface area is 149 Å². The van der Waals surface area contributed by atoms with Crippen molar-refractivity contribution in [1.82, 2.24) is 14.9 Å². The average molecular weight is 360 g/mol. The molecule has 1 fully saturated rings. The van der Waals surface area contributed by atoms with Crippen LogP contribution < -0.4 is 5.56 Å². The van der Waals surface area contributed by atoms with Crippen LogP contribution in [0.5, 0.6) is 0 Å². The standard InChI is InChI=1S/C18H21N3OS2/c1-10-12(3)24-18-15(10)17(22)19-16(20-18)11(2)21-7-4-5-14(21)13-6-8-23-9-13/h6,8-9,11,14H,4-5,7H2,1-3H3,(H,19,20,22)/t11-,14+/m0/s1. The lowest BCUT2D eigenvalue weighted by Crippen LogP contribution is -2.29. The summed E-state index contributed by atoms with van der Waals surface area (Å²) in [5.41, 5.74) is 2.44. The second-order valence-electron chi connectivity index (χ2n) is 6.54. The maximum absolute atomic E-state index is 12.6. The van der Waals surface area contributed by atoms with Gasteiger partial charge in [0.25, 0.3) is 5.56 Å². The van der Waals surface area contributed by atoms with Crippen LogP contribution in [0.2, 0.25) is 0 Å². The molecule has 0 aliphatic carbocycles. The van der Waals surface area contributed by atoms with Crippen LogP contribution in [0.3, 0.4) is 0 Å². The lowest BCUT2D eigenvalue weighted by atomic mass is 10.1. The molecule has 6 heteroatoms. The fourth-order valence-corrected chi connectivity index (χ4v) is 5.45. The molecular formula is C18H21N3OS2. The number of likely N-dealkylation sites (tertiary alicyclic amines) is 1. The van der Waals surface area contributed by atoms with E-state index in [2.05, 4.69) is 40.6 Å². The number of thiophene rings is 2. The van der Waals surface area contributed by atoms with Gasteiger partial charge in [-0.05, 0) is 68.1 Å². The monoisotopic (exact) mass is 359 g/mol. The lowest BCUT2D eigenvalue weighted by molar-refractivity contribution is 0.187. The smallest absolute Gasteiger partial charge is 0.259 e. The van der Waals surface area contributed by atoms with Crippen LogP contribution in [-0.2, 0) is 0 Å². The molecule has 1 saturated heterocycles. The zero-order valence-corrected chi connectivity index (χ0v) is 15.8. The molecule has 4 nitrogen and oxygen atoms in total. The highest BCUT2D eigenvalue weighted by Gasteiger charge is 2.32. The minimum absolute atomic E-state index is 0.00465. The molecule has 2 atom stereocenters. The van der Waals surface area contributed by atoms with Gasteiger partial charge in [0.1, 0.15) is 10.7 Å². The van der Waals surface area contributed by atoms with Crippen molar-refractivity contribution >= 4 is 32.9 Å². The van der Waals surface area contributed by atoms with E-state index in [0.717, 1.165) is 28.1 Å². The van der Waals surface area contributed by atoms with Gasteiger partial charge in [-0.15, -0.1) is 11.3 Å². The molecule has 3 aromatic rings. The fourth-order valence-electron chi connectivity index (χ4n) is 3.70. The zero-order valence-electron chi connectivity index (χ0n) is 14.1. The van der Waals surface area contributed by atoms with Crippen molar-refractivity contribution in [2.75, 3.05) is 6.54 Å². The molecule has 4 rings (SSSR count). The quantitative estimate of drug-likeness (QED) is 0.746. The molecule has 0 bridgehead atoms.